The Morgan fingerprint density at radius 2 is 2.19 bits per heavy atom. The molecule has 0 aliphatic rings. The lowest BCUT2D eigenvalue weighted by molar-refractivity contribution is 0.1000. The minimum absolute atomic E-state index is 0.263. The number of aryl methyl sites for hydroxylation is 1. The van der Waals surface area contributed by atoms with Crippen LogP contribution in [0.4, 0.5) is 0 Å². The minimum Gasteiger partial charge on any atom is -0.494 e. The number of carbonyl (C=O) groups excluding carboxylic acids is 1. The molecule has 0 radical (unpaired) electrons. The number of pyridine rings is 1. The van der Waals surface area contributed by atoms with E-state index < -0.39 is 0 Å². The molecule has 0 aliphatic heterocycles. The van der Waals surface area contributed by atoms with Gasteiger partial charge < -0.3 is 9.15 Å². The summed E-state index contributed by atoms with van der Waals surface area (Å²) in [6, 6.07) is 6.77. The molecule has 0 saturated heterocycles. The highest BCUT2D eigenvalue weighted by atomic mass is 16.5. The third-order valence-corrected chi connectivity index (χ3v) is 2.17. The van der Waals surface area contributed by atoms with Crippen molar-refractivity contribution in [2.75, 3.05) is 7.11 Å². The van der Waals surface area contributed by atoms with Crippen molar-refractivity contribution in [3.8, 4) is 5.75 Å². The lowest BCUT2D eigenvalue weighted by atomic mass is 10.2. The second-order valence-electron chi connectivity index (χ2n) is 3.29. The number of ether oxygens (including phenoxy) is 1. The van der Waals surface area contributed by atoms with Crippen molar-refractivity contribution in [2.24, 2.45) is 0 Å². The van der Waals surface area contributed by atoms with Crippen LogP contribution in [0.3, 0.4) is 0 Å². The van der Waals surface area contributed by atoms with Gasteiger partial charge in [-0.1, -0.05) is 0 Å². The smallest absolute Gasteiger partial charge is 0.250 e. The van der Waals surface area contributed by atoms with Crippen molar-refractivity contribution in [2.45, 2.75) is 6.92 Å². The highest BCUT2D eigenvalue weighted by Crippen LogP contribution is 2.19. The third-order valence-electron chi connectivity index (χ3n) is 2.17. The second-order valence-corrected chi connectivity index (χ2v) is 3.29. The van der Waals surface area contributed by atoms with E-state index in [0.29, 0.717) is 11.5 Å². The van der Waals surface area contributed by atoms with E-state index in [4.69, 9.17) is 9.15 Å². The number of hydrogen-bond donors (Lipinski definition) is 0. The Morgan fingerprint density at radius 3 is 2.81 bits per heavy atom. The molecule has 0 unspecified atom stereocenters. The molecule has 0 amide bonds. The largest absolute Gasteiger partial charge is 0.494 e. The van der Waals surface area contributed by atoms with E-state index in [2.05, 4.69) is 4.98 Å². The molecule has 0 bridgehead atoms. The fourth-order valence-corrected chi connectivity index (χ4v) is 1.40. The highest BCUT2D eigenvalue weighted by Gasteiger charge is 2.18. The molecule has 0 saturated carbocycles. The molecule has 0 fully saturated rings. The number of hydrogen-bond acceptors (Lipinski definition) is 4. The van der Waals surface area contributed by atoms with Crippen LogP contribution < -0.4 is 4.74 Å². The van der Waals surface area contributed by atoms with E-state index in [9.17, 15) is 4.79 Å². The Hall–Kier alpha value is -2.10. The van der Waals surface area contributed by atoms with Crippen molar-refractivity contribution in [3.05, 3.63) is 47.7 Å². The van der Waals surface area contributed by atoms with Crippen molar-refractivity contribution in [1.29, 1.82) is 0 Å². The second kappa shape index (κ2) is 4.18. The van der Waals surface area contributed by atoms with Gasteiger partial charge in [-0.25, -0.2) is 4.98 Å². The van der Waals surface area contributed by atoms with Gasteiger partial charge in [0.25, 0.3) is 0 Å². The molecule has 2 aromatic heterocycles. The first kappa shape index (κ1) is 10.4. The standard InChI is InChI=1S/C12H11NO3/c1-8-5-6-10(16-8)12(14)11-9(15-2)4-3-7-13-11/h3-7H,1-2H3. The number of aromatic nitrogens is 1. The number of nitrogens with zero attached hydrogens (tertiary/aromatic N) is 1. The molecule has 0 aliphatic carbocycles. The zero-order valence-electron chi connectivity index (χ0n) is 9.06. The molecular weight excluding hydrogens is 206 g/mol. The number of rotatable bonds is 3. The zero-order valence-corrected chi connectivity index (χ0v) is 9.06. The van der Waals surface area contributed by atoms with E-state index in [0.717, 1.165) is 0 Å². The van der Waals surface area contributed by atoms with Crippen molar-refractivity contribution in [3.63, 3.8) is 0 Å². The summed E-state index contributed by atoms with van der Waals surface area (Å²) in [5, 5.41) is 0. The zero-order chi connectivity index (χ0) is 11.5. The molecule has 4 nitrogen and oxygen atoms in total. The van der Waals surface area contributed by atoms with Crippen molar-refractivity contribution in [1.82, 2.24) is 4.98 Å². The molecule has 2 aromatic rings. The quantitative estimate of drug-likeness (QED) is 0.740. The lowest BCUT2D eigenvalue weighted by Crippen LogP contribution is -2.05. The Morgan fingerprint density at radius 1 is 1.38 bits per heavy atom. The summed E-state index contributed by atoms with van der Waals surface area (Å²) in [4.78, 5) is 16.0. The normalized spacial score (nSPS) is 10.1. The summed E-state index contributed by atoms with van der Waals surface area (Å²) in [6.45, 7) is 1.78. The van der Waals surface area contributed by atoms with Gasteiger partial charge in [0.05, 0.1) is 7.11 Å². The van der Waals surface area contributed by atoms with Gasteiger partial charge in [-0.15, -0.1) is 0 Å². The Bertz CT molecular complexity index is 516. The van der Waals surface area contributed by atoms with Crippen LogP contribution in [0, 0.1) is 6.92 Å². The van der Waals surface area contributed by atoms with Crippen LogP contribution in [0.25, 0.3) is 0 Å². The molecular formula is C12H11NO3. The van der Waals surface area contributed by atoms with Gasteiger partial charge in [-0.05, 0) is 31.2 Å². The van der Waals surface area contributed by atoms with Crippen LogP contribution in [0.2, 0.25) is 0 Å². The first-order valence-electron chi connectivity index (χ1n) is 4.82. The molecule has 4 heteroatoms. The molecule has 16 heavy (non-hydrogen) atoms. The van der Waals surface area contributed by atoms with E-state index in [1.807, 2.05) is 0 Å². The Labute approximate surface area is 92.9 Å². The SMILES string of the molecule is COc1cccnc1C(=O)c1ccc(C)o1. The average molecular weight is 217 g/mol. The fourth-order valence-electron chi connectivity index (χ4n) is 1.40. The highest BCUT2D eigenvalue weighted by molar-refractivity contribution is 6.07. The maximum Gasteiger partial charge on any atom is 0.250 e. The van der Waals surface area contributed by atoms with Crippen LogP contribution in [-0.4, -0.2) is 17.9 Å². The molecule has 0 N–H and O–H groups in total. The van der Waals surface area contributed by atoms with Gasteiger partial charge in [0.2, 0.25) is 5.78 Å². The monoisotopic (exact) mass is 217 g/mol. The number of carbonyl (C=O) groups is 1. The maximum atomic E-state index is 12.0. The average Bonchev–Trinajstić information content (AvgIpc) is 2.75. The molecule has 0 spiro atoms. The summed E-state index contributed by atoms with van der Waals surface area (Å²) in [7, 11) is 1.50. The summed E-state index contributed by atoms with van der Waals surface area (Å²) in [6.07, 6.45) is 1.55. The molecule has 0 aromatic carbocycles. The van der Waals surface area contributed by atoms with E-state index in [-0.39, 0.29) is 17.2 Å². The minimum atomic E-state index is -0.273. The number of furan rings is 1. The van der Waals surface area contributed by atoms with Crippen molar-refractivity contribution < 1.29 is 13.9 Å². The molecule has 0 atom stereocenters. The summed E-state index contributed by atoms with van der Waals surface area (Å²) < 4.78 is 10.3. The van der Waals surface area contributed by atoms with Crippen LogP contribution in [-0.2, 0) is 0 Å². The number of ketones is 1. The lowest BCUT2D eigenvalue weighted by Gasteiger charge is -2.03. The first-order chi connectivity index (χ1) is 7.72. The van der Waals surface area contributed by atoms with Crippen LogP contribution in [0.5, 0.6) is 5.75 Å². The van der Waals surface area contributed by atoms with Crippen LogP contribution >= 0.6 is 0 Å². The molecule has 82 valence electrons. The third kappa shape index (κ3) is 1.82. The van der Waals surface area contributed by atoms with Gasteiger partial charge in [-0.2, -0.15) is 0 Å². The molecule has 2 heterocycles. The van der Waals surface area contributed by atoms with Crippen LogP contribution in [0.15, 0.2) is 34.9 Å². The summed E-state index contributed by atoms with van der Waals surface area (Å²) >= 11 is 0. The predicted octanol–water partition coefficient (Wildman–Crippen LogP) is 2.22. The summed E-state index contributed by atoms with van der Waals surface area (Å²) in [5.41, 5.74) is 0.263. The van der Waals surface area contributed by atoms with Gasteiger partial charge in [-0.3, -0.25) is 4.79 Å². The Kier molecular flexibility index (Phi) is 2.72. The van der Waals surface area contributed by atoms with Gasteiger partial charge in [0.15, 0.2) is 11.5 Å². The van der Waals surface area contributed by atoms with Crippen LogP contribution in [0.1, 0.15) is 22.0 Å². The van der Waals surface area contributed by atoms with Crippen molar-refractivity contribution >= 4 is 5.78 Å². The maximum absolute atomic E-state index is 12.0. The predicted molar refractivity (Wildman–Crippen MR) is 57.7 cm³/mol. The molecule has 2 rings (SSSR count). The van der Waals surface area contributed by atoms with E-state index in [1.165, 1.54) is 7.11 Å². The Balaban J connectivity index is 2.41. The first-order valence-corrected chi connectivity index (χ1v) is 4.82. The van der Waals surface area contributed by atoms with E-state index in [1.54, 1.807) is 37.4 Å². The van der Waals surface area contributed by atoms with Gasteiger partial charge in [0, 0.05) is 6.20 Å². The fraction of sp³-hybridized carbons (Fsp3) is 0.167. The number of methoxy groups -OCH3 is 1. The summed E-state index contributed by atoms with van der Waals surface area (Å²) in [5.74, 6) is 1.14. The topological polar surface area (TPSA) is 52.3 Å². The van der Waals surface area contributed by atoms with Gasteiger partial charge >= 0.3 is 0 Å². The van der Waals surface area contributed by atoms with Gasteiger partial charge in [0.1, 0.15) is 11.5 Å². The van der Waals surface area contributed by atoms with E-state index >= 15 is 0 Å².